The number of nitrogens with zero attached hydrogens (tertiary/aromatic N) is 3. The number of aromatic nitrogens is 1. The number of aliphatic imine (C=N–C) groups is 1. The van der Waals surface area contributed by atoms with Crippen LogP contribution in [0.2, 0.25) is 0 Å². The molecule has 7 heteroatoms. The van der Waals surface area contributed by atoms with Gasteiger partial charge in [0.25, 0.3) is 0 Å². The van der Waals surface area contributed by atoms with Crippen LogP contribution in [0.25, 0.3) is 0 Å². The topological polar surface area (TPSA) is 76.1 Å². The maximum atomic E-state index is 12.0. The molecule has 0 aromatic carbocycles. The molecule has 2 fully saturated rings. The second kappa shape index (κ2) is 9.75. The van der Waals surface area contributed by atoms with Gasteiger partial charge in [0.05, 0.1) is 19.6 Å². The SMILES string of the molecule is CCNC(=NCc1ccnc(OC2CCCC2)c1)N1CC(C)C(C(=O)OC)C1. The third-order valence-corrected chi connectivity index (χ3v) is 5.55. The zero-order chi connectivity index (χ0) is 19.9. The highest BCUT2D eigenvalue weighted by molar-refractivity contribution is 5.82. The highest BCUT2D eigenvalue weighted by atomic mass is 16.5. The van der Waals surface area contributed by atoms with Crippen LogP contribution in [0.15, 0.2) is 23.3 Å². The van der Waals surface area contributed by atoms with Crippen molar-refractivity contribution in [1.29, 1.82) is 0 Å². The van der Waals surface area contributed by atoms with E-state index in [1.807, 2.05) is 19.1 Å². The number of esters is 1. The third kappa shape index (κ3) is 5.14. The first-order valence-electron chi connectivity index (χ1n) is 10.3. The molecular weight excluding hydrogens is 356 g/mol. The number of pyridine rings is 1. The number of methoxy groups -OCH3 is 1. The number of ether oxygens (including phenoxy) is 2. The summed E-state index contributed by atoms with van der Waals surface area (Å²) in [6, 6.07) is 3.95. The molecule has 0 bridgehead atoms. The molecule has 1 aliphatic heterocycles. The van der Waals surface area contributed by atoms with Crippen molar-refractivity contribution in [2.75, 3.05) is 26.7 Å². The van der Waals surface area contributed by atoms with E-state index in [0.29, 0.717) is 25.1 Å². The molecule has 3 rings (SSSR count). The van der Waals surface area contributed by atoms with Gasteiger partial charge < -0.3 is 19.7 Å². The van der Waals surface area contributed by atoms with E-state index in [1.165, 1.54) is 20.0 Å². The number of carbonyl (C=O) groups is 1. The molecule has 0 spiro atoms. The Morgan fingerprint density at radius 3 is 2.86 bits per heavy atom. The molecule has 1 aliphatic carbocycles. The summed E-state index contributed by atoms with van der Waals surface area (Å²) in [6.07, 6.45) is 6.78. The van der Waals surface area contributed by atoms with Crippen LogP contribution in [0.1, 0.15) is 45.1 Å². The van der Waals surface area contributed by atoms with Crippen LogP contribution in [-0.2, 0) is 16.1 Å². The summed E-state index contributed by atoms with van der Waals surface area (Å²) in [5.41, 5.74) is 1.06. The number of rotatable bonds is 6. The number of carbonyl (C=O) groups excluding carboxylic acids is 1. The van der Waals surface area contributed by atoms with Crippen LogP contribution < -0.4 is 10.1 Å². The molecule has 1 N–H and O–H groups in total. The Kier molecular flexibility index (Phi) is 7.12. The van der Waals surface area contributed by atoms with E-state index in [1.54, 1.807) is 6.20 Å². The lowest BCUT2D eigenvalue weighted by Gasteiger charge is -2.21. The van der Waals surface area contributed by atoms with Crippen molar-refractivity contribution in [2.45, 2.75) is 52.2 Å². The Labute approximate surface area is 167 Å². The van der Waals surface area contributed by atoms with Crippen molar-refractivity contribution in [1.82, 2.24) is 15.2 Å². The number of nitrogens with one attached hydrogen (secondary N) is 1. The van der Waals surface area contributed by atoms with Gasteiger partial charge in [0.1, 0.15) is 6.10 Å². The average Bonchev–Trinajstić information content (AvgIpc) is 3.34. The molecule has 2 heterocycles. The van der Waals surface area contributed by atoms with Gasteiger partial charge in [-0.1, -0.05) is 6.92 Å². The summed E-state index contributed by atoms with van der Waals surface area (Å²) in [4.78, 5) is 23.3. The number of hydrogen-bond donors (Lipinski definition) is 1. The minimum absolute atomic E-state index is 0.110. The van der Waals surface area contributed by atoms with Crippen molar-refractivity contribution in [3.8, 4) is 5.88 Å². The molecule has 1 aromatic heterocycles. The summed E-state index contributed by atoms with van der Waals surface area (Å²) < 4.78 is 10.9. The first kappa shape index (κ1) is 20.4. The fraction of sp³-hybridized carbons (Fsp3) is 0.667. The summed E-state index contributed by atoms with van der Waals surface area (Å²) in [7, 11) is 1.45. The standard InChI is InChI=1S/C21H32N4O3/c1-4-22-21(25-13-15(2)18(14-25)20(26)27-3)24-12-16-9-10-23-19(11-16)28-17-7-5-6-8-17/h9-11,15,17-18H,4-8,12-14H2,1-3H3,(H,22,24). The van der Waals surface area contributed by atoms with E-state index in [9.17, 15) is 4.79 Å². The van der Waals surface area contributed by atoms with Crippen molar-refractivity contribution in [2.24, 2.45) is 16.8 Å². The van der Waals surface area contributed by atoms with Crippen molar-refractivity contribution in [3.63, 3.8) is 0 Å². The molecule has 2 unspecified atom stereocenters. The van der Waals surface area contributed by atoms with Gasteiger partial charge in [-0.15, -0.1) is 0 Å². The van der Waals surface area contributed by atoms with E-state index in [4.69, 9.17) is 14.5 Å². The fourth-order valence-corrected chi connectivity index (χ4v) is 3.98. The second-order valence-corrected chi connectivity index (χ2v) is 7.71. The fourth-order valence-electron chi connectivity index (χ4n) is 3.98. The number of likely N-dealkylation sites (tertiary alicyclic amines) is 1. The third-order valence-electron chi connectivity index (χ3n) is 5.55. The first-order valence-corrected chi connectivity index (χ1v) is 10.3. The maximum Gasteiger partial charge on any atom is 0.310 e. The summed E-state index contributed by atoms with van der Waals surface area (Å²) in [5, 5.41) is 3.34. The van der Waals surface area contributed by atoms with Crippen LogP contribution in [-0.4, -0.2) is 54.7 Å². The van der Waals surface area contributed by atoms with Gasteiger partial charge in [0, 0.05) is 31.9 Å². The highest BCUT2D eigenvalue weighted by Crippen LogP contribution is 2.25. The Morgan fingerprint density at radius 1 is 1.36 bits per heavy atom. The molecule has 0 amide bonds. The molecule has 1 saturated carbocycles. The normalized spacial score (nSPS) is 23.1. The van der Waals surface area contributed by atoms with Crippen LogP contribution in [0.4, 0.5) is 0 Å². The predicted octanol–water partition coefficient (Wildman–Crippen LogP) is 2.61. The zero-order valence-electron chi connectivity index (χ0n) is 17.2. The van der Waals surface area contributed by atoms with E-state index in [0.717, 1.165) is 37.5 Å². The summed E-state index contributed by atoms with van der Waals surface area (Å²) >= 11 is 0. The molecule has 2 atom stereocenters. The van der Waals surface area contributed by atoms with Gasteiger partial charge in [-0.25, -0.2) is 9.98 Å². The molecule has 0 radical (unpaired) electrons. The largest absolute Gasteiger partial charge is 0.474 e. The van der Waals surface area contributed by atoms with Gasteiger partial charge in [-0.3, -0.25) is 4.79 Å². The second-order valence-electron chi connectivity index (χ2n) is 7.71. The molecular formula is C21H32N4O3. The van der Waals surface area contributed by atoms with Crippen molar-refractivity contribution in [3.05, 3.63) is 23.9 Å². The Balaban J connectivity index is 1.65. The summed E-state index contributed by atoms with van der Waals surface area (Å²) in [5.74, 6) is 1.50. The van der Waals surface area contributed by atoms with Crippen molar-refractivity contribution < 1.29 is 14.3 Å². The highest BCUT2D eigenvalue weighted by Gasteiger charge is 2.36. The smallest absolute Gasteiger partial charge is 0.310 e. The molecule has 1 saturated heterocycles. The van der Waals surface area contributed by atoms with E-state index in [-0.39, 0.29) is 17.8 Å². The lowest BCUT2D eigenvalue weighted by atomic mass is 9.99. The van der Waals surface area contributed by atoms with E-state index >= 15 is 0 Å². The molecule has 28 heavy (non-hydrogen) atoms. The Morgan fingerprint density at radius 2 is 2.14 bits per heavy atom. The van der Waals surface area contributed by atoms with Gasteiger partial charge in [-0.2, -0.15) is 0 Å². The van der Waals surface area contributed by atoms with E-state index < -0.39 is 0 Å². The molecule has 1 aromatic rings. The Bertz CT molecular complexity index is 688. The lowest BCUT2D eigenvalue weighted by Crippen LogP contribution is -2.40. The minimum Gasteiger partial charge on any atom is -0.474 e. The predicted molar refractivity (Wildman–Crippen MR) is 108 cm³/mol. The van der Waals surface area contributed by atoms with Crippen LogP contribution in [0.5, 0.6) is 5.88 Å². The van der Waals surface area contributed by atoms with Gasteiger partial charge in [0.2, 0.25) is 5.88 Å². The minimum atomic E-state index is -0.145. The monoisotopic (exact) mass is 388 g/mol. The lowest BCUT2D eigenvalue weighted by molar-refractivity contribution is -0.145. The molecule has 154 valence electrons. The van der Waals surface area contributed by atoms with Crippen LogP contribution >= 0.6 is 0 Å². The quantitative estimate of drug-likeness (QED) is 0.459. The van der Waals surface area contributed by atoms with E-state index in [2.05, 4.69) is 22.1 Å². The number of guanidine groups is 1. The van der Waals surface area contributed by atoms with Gasteiger partial charge in [-0.05, 0) is 50.2 Å². The average molecular weight is 389 g/mol. The van der Waals surface area contributed by atoms with Crippen LogP contribution in [0, 0.1) is 11.8 Å². The maximum absolute atomic E-state index is 12.0. The zero-order valence-corrected chi connectivity index (χ0v) is 17.2. The van der Waals surface area contributed by atoms with Gasteiger partial charge in [0.15, 0.2) is 5.96 Å². The molecule has 7 nitrogen and oxygen atoms in total. The molecule has 2 aliphatic rings. The van der Waals surface area contributed by atoms with Crippen LogP contribution in [0.3, 0.4) is 0 Å². The van der Waals surface area contributed by atoms with Crippen molar-refractivity contribution >= 4 is 11.9 Å². The number of hydrogen-bond acceptors (Lipinski definition) is 5. The summed E-state index contributed by atoms with van der Waals surface area (Å²) in [6.45, 7) is 6.87. The Hall–Kier alpha value is -2.31. The first-order chi connectivity index (χ1) is 13.6. The van der Waals surface area contributed by atoms with Gasteiger partial charge >= 0.3 is 5.97 Å².